The van der Waals surface area contributed by atoms with Gasteiger partial charge in [-0.1, -0.05) is 0 Å². The van der Waals surface area contributed by atoms with Crippen molar-refractivity contribution in [3.8, 4) is 0 Å². The number of phosphoric acid groups is 1. The molecule has 0 saturated heterocycles. The van der Waals surface area contributed by atoms with Gasteiger partial charge in [0.25, 0.3) is 0 Å². The second-order valence-electron chi connectivity index (χ2n) is 3.51. The van der Waals surface area contributed by atoms with E-state index >= 15 is 0 Å². The zero-order valence-corrected chi connectivity index (χ0v) is 8.75. The zero-order valence-electron chi connectivity index (χ0n) is 7.86. The standard InChI is InChI=1S/C6H13O9P/c7-1-2(8)4(10)6(5(11)3(1)9)15-16(12,13)14/h1-11H,(H2,12,13,14)/t1?,2-,3+,4-,5?,6?/m0/s1. The van der Waals surface area contributed by atoms with Gasteiger partial charge >= 0.3 is 7.82 Å². The minimum atomic E-state index is -5.01. The number of phosphoric ester groups is 1. The van der Waals surface area contributed by atoms with Crippen molar-refractivity contribution < 1.29 is 44.4 Å². The van der Waals surface area contributed by atoms with E-state index in [0.29, 0.717) is 0 Å². The Bertz CT molecular complexity index is 274. The molecule has 0 aromatic rings. The number of hydrogen-bond donors (Lipinski definition) is 7. The molecule has 10 heteroatoms. The van der Waals surface area contributed by atoms with E-state index in [1.165, 1.54) is 0 Å². The van der Waals surface area contributed by atoms with Gasteiger partial charge in [-0.05, 0) is 0 Å². The maximum absolute atomic E-state index is 10.5. The Balaban J connectivity index is 2.87. The molecule has 1 rings (SSSR count). The van der Waals surface area contributed by atoms with Gasteiger partial charge in [-0.2, -0.15) is 0 Å². The molecule has 0 amide bonds. The lowest BCUT2D eigenvalue weighted by atomic mass is 9.85. The van der Waals surface area contributed by atoms with Gasteiger partial charge in [0.2, 0.25) is 0 Å². The van der Waals surface area contributed by atoms with Gasteiger partial charge in [0.1, 0.15) is 36.6 Å². The lowest BCUT2D eigenvalue weighted by molar-refractivity contribution is -0.219. The van der Waals surface area contributed by atoms with Crippen molar-refractivity contribution >= 4 is 7.82 Å². The van der Waals surface area contributed by atoms with Crippen LogP contribution in [0.2, 0.25) is 0 Å². The Morgan fingerprint density at radius 1 is 0.750 bits per heavy atom. The molecule has 0 spiro atoms. The molecule has 1 saturated carbocycles. The Hall–Kier alpha value is -0.0900. The van der Waals surface area contributed by atoms with Gasteiger partial charge in [0, 0.05) is 0 Å². The highest BCUT2D eigenvalue weighted by Gasteiger charge is 2.50. The van der Waals surface area contributed by atoms with E-state index in [4.69, 9.17) is 14.9 Å². The predicted molar refractivity (Wildman–Crippen MR) is 47.0 cm³/mol. The summed E-state index contributed by atoms with van der Waals surface area (Å²) < 4.78 is 14.5. The molecule has 1 aliphatic rings. The van der Waals surface area contributed by atoms with Crippen LogP contribution in [0.15, 0.2) is 0 Å². The largest absolute Gasteiger partial charge is 0.470 e. The number of aliphatic hydroxyl groups is 5. The predicted octanol–water partition coefficient (Wildman–Crippen LogP) is -3.72. The highest BCUT2D eigenvalue weighted by Crippen LogP contribution is 2.41. The van der Waals surface area contributed by atoms with Crippen LogP contribution >= 0.6 is 7.82 Å². The third-order valence-corrected chi connectivity index (χ3v) is 2.85. The van der Waals surface area contributed by atoms with Crippen LogP contribution < -0.4 is 0 Å². The van der Waals surface area contributed by atoms with Gasteiger partial charge in [-0.25, -0.2) is 4.57 Å². The fourth-order valence-electron chi connectivity index (χ4n) is 1.48. The van der Waals surface area contributed by atoms with E-state index in [9.17, 15) is 25.0 Å². The Labute approximate surface area is 89.8 Å². The van der Waals surface area contributed by atoms with Crippen molar-refractivity contribution in [2.45, 2.75) is 36.6 Å². The summed E-state index contributed by atoms with van der Waals surface area (Å²) in [6.45, 7) is 0. The number of aliphatic hydroxyl groups excluding tert-OH is 5. The highest BCUT2D eigenvalue weighted by atomic mass is 31.2. The molecule has 1 fully saturated rings. The average molecular weight is 260 g/mol. The first-order valence-electron chi connectivity index (χ1n) is 4.29. The summed E-state index contributed by atoms with van der Waals surface area (Å²) in [5, 5.41) is 46.1. The van der Waals surface area contributed by atoms with E-state index in [-0.39, 0.29) is 0 Å². The summed E-state index contributed by atoms with van der Waals surface area (Å²) in [4.78, 5) is 17.0. The first kappa shape index (κ1) is 14.0. The van der Waals surface area contributed by atoms with Crippen LogP contribution in [0.4, 0.5) is 0 Å². The molecule has 0 aromatic heterocycles. The van der Waals surface area contributed by atoms with E-state index in [2.05, 4.69) is 4.52 Å². The van der Waals surface area contributed by atoms with Crippen LogP contribution in [-0.2, 0) is 9.09 Å². The minimum Gasteiger partial charge on any atom is -0.387 e. The summed E-state index contributed by atoms with van der Waals surface area (Å²) in [6.07, 6.45) is -11.3. The molecule has 0 aromatic carbocycles. The zero-order chi connectivity index (χ0) is 12.7. The molecular weight excluding hydrogens is 247 g/mol. The third-order valence-electron chi connectivity index (χ3n) is 2.33. The summed E-state index contributed by atoms with van der Waals surface area (Å²) in [6, 6.07) is 0. The Kier molecular flexibility index (Phi) is 4.06. The molecule has 96 valence electrons. The first-order valence-corrected chi connectivity index (χ1v) is 5.82. The smallest absolute Gasteiger partial charge is 0.387 e. The molecule has 0 heterocycles. The monoisotopic (exact) mass is 260 g/mol. The van der Waals surface area contributed by atoms with Crippen molar-refractivity contribution in [1.82, 2.24) is 0 Å². The van der Waals surface area contributed by atoms with Crippen molar-refractivity contribution in [2.24, 2.45) is 0 Å². The molecule has 9 nitrogen and oxygen atoms in total. The van der Waals surface area contributed by atoms with Gasteiger partial charge in [0.15, 0.2) is 0 Å². The topological polar surface area (TPSA) is 168 Å². The van der Waals surface area contributed by atoms with Crippen molar-refractivity contribution in [3.63, 3.8) is 0 Å². The maximum Gasteiger partial charge on any atom is 0.470 e. The molecule has 7 N–H and O–H groups in total. The van der Waals surface area contributed by atoms with Gasteiger partial charge in [-0.15, -0.1) is 0 Å². The number of rotatable bonds is 2. The molecule has 6 atom stereocenters. The second kappa shape index (κ2) is 4.65. The number of hydrogen-bond acceptors (Lipinski definition) is 7. The molecule has 16 heavy (non-hydrogen) atoms. The molecule has 0 aliphatic heterocycles. The highest BCUT2D eigenvalue weighted by molar-refractivity contribution is 7.46. The second-order valence-corrected chi connectivity index (χ2v) is 4.71. The molecule has 1 aliphatic carbocycles. The van der Waals surface area contributed by atoms with E-state index in [1.807, 2.05) is 0 Å². The normalized spacial score (nSPS) is 45.7. The van der Waals surface area contributed by atoms with E-state index in [0.717, 1.165) is 0 Å². The fourth-order valence-corrected chi connectivity index (χ4v) is 2.05. The van der Waals surface area contributed by atoms with Gasteiger partial charge in [0.05, 0.1) is 0 Å². The van der Waals surface area contributed by atoms with Gasteiger partial charge < -0.3 is 35.3 Å². The van der Waals surface area contributed by atoms with Crippen molar-refractivity contribution in [2.75, 3.05) is 0 Å². The molecule has 0 bridgehead atoms. The van der Waals surface area contributed by atoms with Crippen LogP contribution in [0.1, 0.15) is 0 Å². The Morgan fingerprint density at radius 2 is 1.06 bits per heavy atom. The summed E-state index contributed by atoms with van der Waals surface area (Å²) >= 11 is 0. The SMILES string of the molecule is O=P(O)(O)OC1C(O)[C@H](O)C(O)[C@H](O)[C@@H]1O. The molecule has 0 radical (unpaired) electrons. The van der Waals surface area contributed by atoms with E-state index < -0.39 is 44.4 Å². The van der Waals surface area contributed by atoms with Crippen LogP contribution in [0.3, 0.4) is 0 Å². The summed E-state index contributed by atoms with van der Waals surface area (Å²) in [7, 11) is -5.01. The quantitative estimate of drug-likeness (QED) is 0.247. The molecule has 3 unspecified atom stereocenters. The summed E-state index contributed by atoms with van der Waals surface area (Å²) in [5.74, 6) is 0. The maximum atomic E-state index is 10.5. The lowest BCUT2D eigenvalue weighted by Gasteiger charge is -2.41. The van der Waals surface area contributed by atoms with Crippen molar-refractivity contribution in [1.29, 1.82) is 0 Å². The Morgan fingerprint density at radius 3 is 1.38 bits per heavy atom. The van der Waals surface area contributed by atoms with Crippen LogP contribution in [-0.4, -0.2) is 71.9 Å². The third kappa shape index (κ3) is 2.77. The van der Waals surface area contributed by atoms with Gasteiger partial charge in [-0.3, -0.25) is 4.52 Å². The van der Waals surface area contributed by atoms with Crippen LogP contribution in [0.25, 0.3) is 0 Å². The fraction of sp³-hybridized carbons (Fsp3) is 1.00. The summed E-state index contributed by atoms with van der Waals surface area (Å²) in [5.41, 5.74) is 0. The van der Waals surface area contributed by atoms with Crippen LogP contribution in [0, 0.1) is 0 Å². The van der Waals surface area contributed by atoms with E-state index in [1.54, 1.807) is 0 Å². The van der Waals surface area contributed by atoms with Crippen molar-refractivity contribution in [3.05, 3.63) is 0 Å². The lowest BCUT2D eigenvalue weighted by Crippen LogP contribution is -2.64. The minimum absolute atomic E-state index is 1.83. The van der Waals surface area contributed by atoms with Crippen LogP contribution in [0.5, 0.6) is 0 Å². The molecular formula is C6H13O9P. The average Bonchev–Trinajstić information content (AvgIpc) is 2.17. The first-order chi connectivity index (χ1) is 7.15.